The highest BCUT2D eigenvalue weighted by Gasteiger charge is 2.45. The molecule has 2 amide bonds. The number of nitrogens with one attached hydrogen (secondary N) is 2. The fourth-order valence-electron chi connectivity index (χ4n) is 4.03. The second-order valence-electron chi connectivity index (χ2n) is 8.90. The van der Waals surface area contributed by atoms with Crippen molar-refractivity contribution in [3.63, 3.8) is 0 Å². The van der Waals surface area contributed by atoms with Crippen LogP contribution in [0.2, 0.25) is 0 Å². The molecule has 178 valence electrons. The Labute approximate surface area is 196 Å². The first-order chi connectivity index (χ1) is 16.2. The predicted octanol–water partition coefficient (Wildman–Crippen LogP) is 3.69. The fourth-order valence-corrected chi connectivity index (χ4v) is 4.03. The van der Waals surface area contributed by atoms with Gasteiger partial charge in [-0.2, -0.15) is 5.10 Å². The van der Waals surface area contributed by atoms with Gasteiger partial charge >= 0.3 is 6.09 Å². The summed E-state index contributed by atoms with van der Waals surface area (Å²) in [6.07, 6.45) is 0.395. The van der Waals surface area contributed by atoms with Crippen molar-refractivity contribution in [2.75, 3.05) is 26.0 Å². The first-order valence-electron chi connectivity index (χ1n) is 10.9. The van der Waals surface area contributed by atoms with E-state index in [1.807, 2.05) is 63.2 Å². The molecule has 0 aliphatic carbocycles. The first-order valence-corrected chi connectivity index (χ1v) is 10.9. The molecule has 0 fully saturated rings. The molecule has 3 aromatic rings. The Kier molecular flexibility index (Phi) is 6.34. The molecule has 0 saturated heterocycles. The van der Waals surface area contributed by atoms with Crippen LogP contribution >= 0.6 is 0 Å². The number of halogens is 1. The molecule has 4 rings (SSSR count). The molecule has 1 aliphatic heterocycles. The third kappa shape index (κ3) is 4.49. The minimum Gasteiger partial charge on any atom is -0.440 e. The standard InChI is InChI=1S/C24H27FN6O3/c1-24(2)20-16(21(29-28-20)27-22(32)19-17(25)11-8-12-26-19)13-31(24)23(33)34-18(14-30(3)4)15-9-6-5-7-10-15/h5-12,18H,13-14H2,1-4H3,(H2,27,28,29,32). The zero-order chi connectivity index (χ0) is 24.5. The van der Waals surface area contributed by atoms with Crippen molar-refractivity contribution < 1.29 is 18.7 Å². The van der Waals surface area contributed by atoms with Crippen molar-refractivity contribution in [2.45, 2.75) is 32.0 Å². The van der Waals surface area contributed by atoms with Crippen molar-refractivity contribution in [3.8, 4) is 0 Å². The highest BCUT2D eigenvalue weighted by atomic mass is 19.1. The van der Waals surface area contributed by atoms with E-state index in [0.717, 1.165) is 11.6 Å². The summed E-state index contributed by atoms with van der Waals surface area (Å²) < 4.78 is 19.9. The number of amides is 2. The van der Waals surface area contributed by atoms with Gasteiger partial charge in [-0.15, -0.1) is 0 Å². The molecule has 0 spiro atoms. The van der Waals surface area contributed by atoms with E-state index in [9.17, 15) is 14.0 Å². The summed E-state index contributed by atoms with van der Waals surface area (Å²) in [6, 6.07) is 12.1. The van der Waals surface area contributed by atoms with Crippen LogP contribution < -0.4 is 5.32 Å². The zero-order valence-corrected chi connectivity index (χ0v) is 19.5. The van der Waals surface area contributed by atoms with Crippen LogP contribution in [0.3, 0.4) is 0 Å². The normalized spacial score (nSPS) is 15.2. The number of pyridine rings is 1. The molecule has 2 N–H and O–H groups in total. The first kappa shape index (κ1) is 23.4. The molecule has 1 aromatic carbocycles. The lowest BCUT2D eigenvalue weighted by molar-refractivity contribution is 0.0259. The molecule has 10 heteroatoms. The minimum absolute atomic E-state index is 0.168. The molecule has 34 heavy (non-hydrogen) atoms. The van der Waals surface area contributed by atoms with E-state index < -0.39 is 29.5 Å². The number of nitrogens with zero attached hydrogens (tertiary/aromatic N) is 4. The van der Waals surface area contributed by atoms with Crippen LogP contribution in [0.4, 0.5) is 15.0 Å². The SMILES string of the molecule is CN(C)CC(OC(=O)N1Cc2c(NC(=O)c3ncccc3F)n[nH]c2C1(C)C)c1ccccc1. The van der Waals surface area contributed by atoms with Crippen LogP contribution in [0.15, 0.2) is 48.7 Å². The molecular weight excluding hydrogens is 439 g/mol. The highest BCUT2D eigenvalue weighted by Crippen LogP contribution is 2.41. The van der Waals surface area contributed by atoms with E-state index in [1.54, 1.807) is 4.90 Å². The van der Waals surface area contributed by atoms with E-state index in [-0.39, 0.29) is 18.1 Å². The number of anilines is 1. The number of fused-ring (bicyclic) bond motifs is 1. The summed E-state index contributed by atoms with van der Waals surface area (Å²) in [5.74, 6) is -1.23. The van der Waals surface area contributed by atoms with E-state index in [1.165, 1.54) is 12.3 Å². The Balaban J connectivity index is 1.53. The number of hydrogen-bond donors (Lipinski definition) is 2. The second kappa shape index (κ2) is 9.22. The smallest absolute Gasteiger partial charge is 0.411 e. The van der Waals surface area contributed by atoms with Crippen LogP contribution in [-0.2, 0) is 16.8 Å². The highest BCUT2D eigenvalue weighted by molar-refractivity contribution is 6.03. The van der Waals surface area contributed by atoms with Gasteiger partial charge in [0, 0.05) is 18.3 Å². The molecule has 0 radical (unpaired) electrons. The van der Waals surface area contributed by atoms with Gasteiger partial charge < -0.3 is 15.0 Å². The number of carbonyl (C=O) groups excluding carboxylic acids is 2. The number of benzene rings is 1. The second-order valence-corrected chi connectivity index (χ2v) is 8.90. The Bertz CT molecular complexity index is 1190. The Morgan fingerprint density at radius 1 is 1.24 bits per heavy atom. The van der Waals surface area contributed by atoms with Crippen LogP contribution in [-0.4, -0.2) is 57.6 Å². The Morgan fingerprint density at radius 2 is 1.97 bits per heavy atom. The molecule has 0 bridgehead atoms. The lowest BCUT2D eigenvalue weighted by Crippen LogP contribution is -2.42. The molecular formula is C24H27FN6O3. The third-order valence-corrected chi connectivity index (χ3v) is 5.84. The maximum absolute atomic E-state index is 14.0. The van der Waals surface area contributed by atoms with Gasteiger partial charge in [0.15, 0.2) is 17.3 Å². The van der Waals surface area contributed by atoms with Gasteiger partial charge in [0.1, 0.15) is 6.10 Å². The third-order valence-electron chi connectivity index (χ3n) is 5.84. The average molecular weight is 467 g/mol. The number of ether oxygens (including phenoxy) is 1. The van der Waals surface area contributed by atoms with Crippen molar-refractivity contribution in [1.29, 1.82) is 0 Å². The number of rotatable bonds is 6. The van der Waals surface area contributed by atoms with Gasteiger partial charge in [-0.25, -0.2) is 14.2 Å². The quantitative estimate of drug-likeness (QED) is 0.574. The fraction of sp³-hybridized carbons (Fsp3) is 0.333. The summed E-state index contributed by atoms with van der Waals surface area (Å²) in [5, 5.41) is 9.69. The van der Waals surface area contributed by atoms with Crippen molar-refractivity contribution in [3.05, 3.63) is 77.0 Å². The van der Waals surface area contributed by atoms with Gasteiger partial charge in [-0.05, 0) is 45.6 Å². The molecule has 1 atom stereocenters. The maximum Gasteiger partial charge on any atom is 0.411 e. The summed E-state index contributed by atoms with van der Waals surface area (Å²) in [6.45, 7) is 4.42. The van der Waals surface area contributed by atoms with Gasteiger partial charge in [0.05, 0.1) is 17.8 Å². The number of hydrogen-bond acceptors (Lipinski definition) is 6. The van der Waals surface area contributed by atoms with E-state index in [2.05, 4.69) is 20.5 Å². The topological polar surface area (TPSA) is 103 Å². The maximum atomic E-state index is 14.0. The van der Waals surface area contributed by atoms with Crippen LogP contribution in [0, 0.1) is 5.82 Å². The number of H-pyrrole nitrogens is 1. The van der Waals surface area contributed by atoms with E-state index in [0.29, 0.717) is 17.8 Å². The molecule has 1 unspecified atom stereocenters. The molecule has 1 aliphatic rings. The molecule has 2 aromatic heterocycles. The zero-order valence-electron chi connectivity index (χ0n) is 19.5. The Hall–Kier alpha value is -3.79. The van der Waals surface area contributed by atoms with Gasteiger partial charge in [0.25, 0.3) is 5.91 Å². The lowest BCUT2D eigenvalue weighted by Gasteiger charge is -2.33. The number of likely N-dealkylation sites (N-methyl/N-ethyl adjacent to an activating group) is 1. The van der Waals surface area contributed by atoms with Crippen molar-refractivity contribution in [1.82, 2.24) is 25.0 Å². The summed E-state index contributed by atoms with van der Waals surface area (Å²) in [5.41, 5.74) is 1.10. The molecule has 3 heterocycles. The average Bonchev–Trinajstić information content (AvgIpc) is 3.31. The number of carbonyl (C=O) groups is 2. The number of aromatic nitrogens is 3. The van der Waals surface area contributed by atoms with Crippen molar-refractivity contribution in [2.24, 2.45) is 0 Å². The van der Waals surface area contributed by atoms with Gasteiger partial charge in [-0.1, -0.05) is 30.3 Å². The Morgan fingerprint density at radius 3 is 2.65 bits per heavy atom. The molecule has 0 saturated carbocycles. The molecule has 9 nitrogen and oxygen atoms in total. The van der Waals surface area contributed by atoms with Crippen LogP contribution in [0.1, 0.15) is 47.3 Å². The summed E-state index contributed by atoms with van der Waals surface area (Å²) in [7, 11) is 3.83. The minimum atomic E-state index is -0.766. The summed E-state index contributed by atoms with van der Waals surface area (Å²) >= 11 is 0. The van der Waals surface area contributed by atoms with Gasteiger partial charge in [0.2, 0.25) is 0 Å². The van der Waals surface area contributed by atoms with E-state index >= 15 is 0 Å². The monoisotopic (exact) mass is 466 g/mol. The lowest BCUT2D eigenvalue weighted by atomic mass is 10.0. The van der Waals surface area contributed by atoms with Gasteiger partial charge in [-0.3, -0.25) is 14.8 Å². The van der Waals surface area contributed by atoms with Crippen LogP contribution in [0.5, 0.6) is 0 Å². The van der Waals surface area contributed by atoms with Crippen LogP contribution in [0.25, 0.3) is 0 Å². The number of aromatic amines is 1. The summed E-state index contributed by atoms with van der Waals surface area (Å²) in [4.78, 5) is 33.2. The van der Waals surface area contributed by atoms with Crippen molar-refractivity contribution >= 4 is 17.8 Å². The predicted molar refractivity (Wildman–Crippen MR) is 124 cm³/mol. The van der Waals surface area contributed by atoms with E-state index in [4.69, 9.17) is 4.74 Å². The largest absolute Gasteiger partial charge is 0.440 e.